The van der Waals surface area contributed by atoms with Gasteiger partial charge in [-0.25, -0.2) is 9.67 Å². The Hall–Kier alpha value is -2.73. The fourth-order valence-corrected chi connectivity index (χ4v) is 2.97. The SMILES string of the molecule is COCc1ccccc1CNC(=O)c1cc2cnn(C(C)C)c2nc1C. The van der Waals surface area contributed by atoms with Crippen LogP contribution in [0.4, 0.5) is 0 Å². The summed E-state index contributed by atoms with van der Waals surface area (Å²) in [6.45, 7) is 6.93. The summed E-state index contributed by atoms with van der Waals surface area (Å²) < 4.78 is 7.08. The van der Waals surface area contributed by atoms with Gasteiger partial charge in [0.05, 0.1) is 24.1 Å². The number of pyridine rings is 1. The molecule has 0 saturated carbocycles. The fourth-order valence-electron chi connectivity index (χ4n) is 2.97. The Kier molecular flexibility index (Phi) is 5.32. The second-order valence-electron chi connectivity index (χ2n) is 6.60. The van der Waals surface area contributed by atoms with E-state index in [2.05, 4.69) is 29.2 Å². The standard InChI is InChI=1S/C20H24N4O2/c1-13(2)24-19-17(11-22-24)9-18(14(3)23-19)20(25)21-10-15-7-5-6-8-16(15)12-26-4/h5-9,11,13H,10,12H2,1-4H3,(H,21,25). The van der Waals surface area contributed by atoms with Crippen molar-refractivity contribution in [3.63, 3.8) is 0 Å². The van der Waals surface area contributed by atoms with E-state index in [1.165, 1.54) is 0 Å². The molecule has 0 radical (unpaired) electrons. The van der Waals surface area contributed by atoms with E-state index < -0.39 is 0 Å². The minimum absolute atomic E-state index is 0.138. The van der Waals surface area contributed by atoms with Gasteiger partial charge < -0.3 is 10.1 Å². The summed E-state index contributed by atoms with van der Waals surface area (Å²) >= 11 is 0. The molecule has 0 aliphatic rings. The highest BCUT2D eigenvalue weighted by molar-refractivity contribution is 5.98. The van der Waals surface area contributed by atoms with Gasteiger partial charge in [-0.05, 0) is 38.0 Å². The average Bonchev–Trinajstić information content (AvgIpc) is 3.03. The third-order valence-corrected chi connectivity index (χ3v) is 4.35. The van der Waals surface area contributed by atoms with Crippen molar-refractivity contribution in [2.24, 2.45) is 0 Å². The molecule has 26 heavy (non-hydrogen) atoms. The minimum Gasteiger partial charge on any atom is -0.380 e. The molecule has 2 aromatic heterocycles. The van der Waals surface area contributed by atoms with Gasteiger partial charge in [0, 0.05) is 25.1 Å². The maximum Gasteiger partial charge on any atom is 0.253 e. The molecular weight excluding hydrogens is 328 g/mol. The number of benzene rings is 1. The van der Waals surface area contributed by atoms with Crippen molar-refractivity contribution in [1.82, 2.24) is 20.1 Å². The molecule has 3 rings (SSSR count). The summed E-state index contributed by atoms with van der Waals surface area (Å²) in [6.07, 6.45) is 1.76. The Balaban J connectivity index is 1.81. The molecule has 136 valence electrons. The number of amides is 1. The quantitative estimate of drug-likeness (QED) is 0.738. The zero-order valence-corrected chi connectivity index (χ0v) is 15.6. The molecule has 0 aliphatic heterocycles. The second-order valence-corrected chi connectivity index (χ2v) is 6.60. The topological polar surface area (TPSA) is 69.0 Å². The molecule has 0 unspecified atom stereocenters. The summed E-state index contributed by atoms with van der Waals surface area (Å²) in [6, 6.07) is 10.0. The smallest absolute Gasteiger partial charge is 0.253 e. The third-order valence-electron chi connectivity index (χ3n) is 4.35. The van der Waals surface area contributed by atoms with Crippen LogP contribution in [0, 0.1) is 6.92 Å². The number of nitrogens with zero attached hydrogens (tertiary/aromatic N) is 3. The molecule has 1 aromatic carbocycles. The molecule has 6 nitrogen and oxygen atoms in total. The number of fused-ring (bicyclic) bond motifs is 1. The molecule has 0 atom stereocenters. The van der Waals surface area contributed by atoms with Crippen LogP contribution in [0.2, 0.25) is 0 Å². The van der Waals surface area contributed by atoms with E-state index in [1.54, 1.807) is 13.3 Å². The van der Waals surface area contributed by atoms with Crippen molar-refractivity contribution >= 4 is 16.9 Å². The Morgan fingerprint density at radius 1 is 1.27 bits per heavy atom. The Labute approximate surface area is 153 Å². The molecule has 1 amide bonds. The Bertz CT molecular complexity index is 931. The summed E-state index contributed by atoms with van der Waals surface area (Å²) in [5.74, 6) is -0.138. The first-order valence-corrected chi connectivity index (χ1v) is 8.70. The molecule has 1 N–H and O–H groups in total. The number of methoxy groups -OCH3 is 1. The average molecular weight is 352 g/mol. The lowest BCUT2D eigenvalue weighted by Crippen LogP contribution is -2.24. The first kappa shape index (κ1) is 18.1. The van der Waals surface area contributed by atoms with Crippen LogP contribution in [0.5, 0.6) is 0 Å². The zero-order chi connectivity index (χ0) is 18.7. The number of ether oxygens (including phenoxy) is 1. The third kappa shape index (κ3) is 3.60. The maximum atomic E-state index is 12.7. The van der Waals surface area contributed by atoms with Gasteiger partial charge in [0.1, 0.15) is 0 Å². The van der Waals surface area contributed by atoms with E-state index in [0.29, 0.717) is 24.4 Å². The monoisotopic (exact) mass is 352 g/mol. The van der Waals surface area contributed by atoms with Crippen LogP contribution in [0.15, 0.2) is 36.5 Å². The minimum atomic E-state index is -0.138. The number of carbonyl (C=O) groups is 1. The molecule has 3 aromatic rings. The normalized spacial score (nSPS) is 11.3. The van der Waals surface area contributed by atoms with Crippen molar-refractivity contribution < 1.29 is 9.53 Å². The van der Waals surface area contributed by atoms with Crippen LogP contribution in [0.3, 0.4) is 0 Å². The van der Waals surface area contributed by atoms with Crippen molar-refractivity contribution in [3.8, 4) is 0 Å². The van der Waals surface area contributed by atoms with Crippen molar-refractivity contribution in [1.29, 1.82) is 0 Å². The Morgan fingerprint density at radius 3 is 2.69 bits per heavy atom. The lowest BCUT2D eigenvalue weighted by Gasteiger charge is -2.12. The highest BCUT2D eigenvalue weighted by Crippen LogP contribution is 2.19. The largest absolute Gasteiger partial charge is 0.380 e. The summed E-state index contributed by atoms with van der Waals surface area (Å²) in [5.41, 5.74) is 4.19. The van der Waals surface area contributed by atoms with Crippen molar-refractivity contribution in [3.05, 3.63) is 58.9 Å². The van der Waals surface area contributed by atoms with E-state index in [1.807, 2.05) is 41.9 Å². The fraction of sp³-hybridized carbons (Fsp3) is 0.350. The van der Waals surface area contributed by atoms with Gasteiger partial charge in [0.15, 0.2) is 5.65 Å². The van der Waals surface area contributed by atoms with Gasteiger partial charge >= 0.3 is 0 Å². The lowest BCUT2D eigenvalue weighted by atomic mass is 10.1. The van der Waals surface area contributed by atoms with E-state index in [0.717, 1.165) is 22.2 Å². The molecule has 0 spiro atoms. The van der Waals surface area contributed by atoms with Gasteiger partial charge in [-0.15, -0.1) is 0 Å². The number of aryl methyl sites for hydroxylation is 1. The van der Waals surface area contributed by atoms with Gasteiger partial charge in [-0.2, -0.15) is 5.10 Å². The Morgan fingerprint density at radius 2 is 2.00 bits per heavy atom. The predicted molar refractivity (Wildman–Crippen MR) is 101 cm³/mol. The molecule has 0 fully saturated rings. The van der Waals surface area contributed by atoms with E-state index >= 15 is 0 Å². The molecule has 0 aliphatic carbocycles. The molecular formula is C20H24N4O2. The zero-order valence-electron chi connectivity index (χ0n) is 15.6. The van der Waals surface area contributed by atoms with Crippen molar-refractivity contribution in [2.75, 3.05) is 7.11 Å². The van der Waals surface area contributed by atoms with Crippen molar-refractivity contribution in [2.45, 2.75) is 40.0 Å². The van der Waals surface area contributed by atoms with Gasteiger partial charge in [0.25, 0.3) is 5.91 Å². The van der Waals surface area contributed by atoms with E-state index in [9.17, 15) is 4.79 Å². The van der Waals surface area contributed by atoms with Gasteiger partial charge in [-0.1, -0.05) is 24.3 Å². The first-order valence-electron chi connectivity index (χ1n) is 8.70. The summed E-state index contributed by atoms with van der Waals surface area (Å²) in [4.78, 5) is 17.3. The summed E-state index contributed by atoms with van der Waals surface area (Å²) in [5, 5.41) is 8.23. The highest BCUT2D eigenvalue weighted by Gasteiger charge is 2.15. The number of hydrogen-bond acceptors (Lipinski definition) is 4. The number of carbonyl (C=O) groups excluding carboxylic acids is 1. The summed E-state index contributed by atoms with van der Waals surface area (Å²) in [7, 11) is 1.66. The molecule has 0 bridgehead atoms. The highest BCUT2D eigenvalue weighted by atomic mass is 16.5. The van der Waals surface area contributed by atoms with Crippen LogP contribution in [-0.2, 0) is 17.9 Å². The van der Waals surface area contributed by atoms with Crippen LogP contribution in [-0.4, -0.2) is 27.8 Å². The van der Waals surface area contributed by atoms with Crippen LogP contribution < -0.4 is 5.32 Å². The molecule has 6 heteroatoms. The van der Waals surface area contributed by atoms with E-state index in [-0.39, 0.29) is 11.9 Å². The second kappa shape index (κ2) is 7.66. The first-order chi connectivity index (χ1) is 12.5. The lowest BCUT2D eigenvalue weighted by molar-refractivity contribution is 0.0949. The van der Waals surface area contributed by atoms with Gasteiger partial charge in [0.2, 0.25) is 0 Å². The van der Waals surface area contributed by atoms with Gasteiger partial charge in [-0.3, -0.25) is 4.79 Å². The number of rotatable bonds is 6. The predicted octanol–water partition coefficient (Wildman–Crippen LogP) is 3.40. The molecule has 2 heterocycles. The van der Waals surface area contributed by atoms with Crippen LogP contribution in [0.25, 0.3) is 11.0 Å². The maximum absolute atomic E-state index is 12.7. The van der Waals surface area contributed by atoms with E-state index in [4.69, 9.17) is 4.74 Å². The number of nitrogens with one attached hydrogen (secondary N) is 1. The number of aromatic nitrogens is 3. The molecule has 0 saturated heterocycles. The van der Waals surface area contributed by atoms with Crippen LogP contribution in [0.1, 0.15) is 47.1 Å². The number of hydrogen-bond donors (Lipinski definition) is 1. The van der Waals surface area contributed by atoms with Crippen LogP contribution >= 0.6 is 0 Å².